The van der Waals surface area contributed by atoms with Gasteiger partial charge in [0, 0.05) is 18.3 Å². The van der Waals surface area contributed by atoms with Gasteiger partial charge in [-0.3, -0.25) is 0 Å². The van der Waals surface area contributed by atoms with Crippen LogP contribution in [-0.4, -0.2) is 32.1 Å². The van der Waals surface area contributed by atoms with E-state index in [4.69, 9.17) is 15.0 Å². The molecule has 0 saturated carbocycles. The molecule has 0 saturated heterocycles. The lowest BCUT2D eigenvalue weighted by Gasteiger charge is -2.17. The van der Waals surface area contributed by atoms with Crippen molar-refractivity contribution in [2.75, 3.05) is 17.7 Å². The number of nitrogen functional groups attached to an aromatic ring is 1. The number of nitrogens with two attached hydrogens (primary N) is 1. The summed E-state index contributed by atoms with van der Waals surface area (Å²) in [6.45, 7) is 1.22. The topological polar surface area (TPSA) is 116 Å². The highest BCUT2D eigenvalue weighted by molar-refractivity contribution is 5.61. The molecule has 0 spiro atoms. The number of ether oxygens (including phenoxy) is 1. The third-order valence-corrected chi connectivity index (χ3v) is 4.68. The maximum Gasteiger partial charge on any atom is 0.258 e. The van der Waals surface area contributed by atoms with Gasteiger partial charge >= 0.3 is 0 Å². The molecule has 0 aliphatic carbocycles. The molecule has 9 heteroatoms. The van der Waals surface area contributed by atoms with Gasteiger partial charge in [-0.15, -0.1) is 0 Å². The fourth-order valence-corrected chi connectivity index (χ4v) is 3.13. The number of para-hydroxylation sites is 1. The SMILES string of the molecule is CN(c1ccccc1)c1nc(N)nc(-c2noc(-c3ccc4c(c3)COC4)n2)n1. The number of fused-ring (bicyclic) bond motifs is 1. The number of aromatic nitrogens is 5. The van der Waals surface area contributed by atoms with Gasteiger partial charge in [-0.2, -0.15) is 19.9 Å². The zero-order valence-corrected chi connectivity index (χ0v) is 15.6. The smallest absolute Gasteiger partial charge is 0.258 e. The minimum Gasteiger partial charge on any atom is -0.372 e. The maximum atomic E-state index is 5.90. The molecule has 1 aliphatic heterocycles. The lowest BCUT2D eigenvalue weighted by atomic mass is 10.1. The van der Waals surface area contributed by atoms with E-state index < -0.39 is 0 Å². The van der Waals surface area contributed by atoms with E-state index >= 15 is 0 Å². The first-order chi connectivity index (χ1) is 14.2. The second-order valence-electron chi connectivity index (χ2n) is 6.61. The number of rotatable bonds is 4. The maximum absolute atomic E-state index is 5.90. The van der Waals surface area contributed by atoms with Crippen molar-refractivity contribution in [3.8, 4) is 23.1 Å². The molecule has 0 bridgehead atoms. The summed E-state index contributed by atoms with van der Waals surface area (Å²) in [6, 6.07) is 15.6. The van der Waals surface area contributed by atoms with Crippen LogP contribution in [0, 0.1) is 0 Å². The van der Waals surface area contributed by atoms with Crippen LogP contribution in [0.3, 0.4) is 0 Å². The van der Waals surface area contributed by atoms with Gasteiger partial charge in [0.05, 0.1) is 13.2 Å². The molecule has 5 rings (SSSR count). The van der Waals surface area contributed by atoms with Crippen molar-refractivity contribution in [1.82, 2.24) is 25.1 Å². The highest BCUT2D eigenvalue weighted by Crippen LogP contribution is 2.28. The van der Waals surface area contributed by atoms with Gasteiger partial charge in [0.25, 0.3) is 5.89 Å². The average Bonchev–Trinajstić information content (AvgIpc) is 3.42. The van der Waals surface area contributed by atoms with Crippen molar-refractivity contribution in [3.63, 3.8) is 0 Å². The fourth-order valence-electron chi connectivity index (χ4n) is 3.13. The Bertz CT molecular complexity index is 1180. The zero-order valence-electron chi connectivity index (χ0n) is 15.6. The molecule has 0 radical (unpaired) electrons. The molecule has 2 aromatic carbocycles. The third-order valence-electron chi connectivity index (χ3n) is 4.68. The average molecular weight is 387 g/mol. The number of benzene rings is 2. The highest BCUT2D eigenvalue weighted by atomic mass is 16.5. The van der Waals surface area contributed by atoms with Gasteiger partial charge in [0.15, 0.2) is 0 Å². The summed E-state index contributed by atoms with van der Waals surface area (Å²) in [5, 5.41) is 4.03. The molecule has 2 aromatic heterocycles. The molecule has 3 heterocycles. The Morgan fingerprint density at radius 3 is 2.59 bits per heavy atom. The standard InChI is InChI=1S/C20H17N7O2/c1-27(15-5-3-2-4-6-15)20-24-16(23-19(21)25-20)17-22-18(29-26-17)12-7-8-13-10-28-11-14(13)9-12/h2-9H,10-11H2,1H3,(H2,21,23,24,25). The predicted molar refractivity (Wildman–Crippen MR) is 106 cm³/mol. The fraction of sp³-hybridized carbons (Fsp3) is 0.150. The Kier molecular flexibility index (Phi) is 4.14. The number of anilines is 3. The van der Waals surface area contributed by atoms with Crippen LogP contribution in [0.25, 0.3) is 23.1 Å². The second kappa shape index (κ2) is 6.95. The Morgan fingerprint density at radius 1 is 0.897 bits per heavy atom. The van der Waals surface area contributed by atoms with Crippen LogP contribution in [0.2, 0.25) is 0 Å². The van der Waals surface area contributed by atoms with Crippen molar-refractivity contribution in [1.29, 1.82) is 0 Å². The van der Waals surface area contributed by atoms with E-state index in [0.29, 0.717) is 25.1 Å². The largest absolute Gasteiger partial charge is 0.372 e. The lowest BCUT2D eigenvalue weighted by Crippen LogP contribution is -2.15. The van der Waals surface area contributed by atoms with E-state index in [1.807, 2.05) is 60.5 Å². The van der Waals surface area contributed by atoms with Crippen LogP contribution >= 0.6 is 0 Å². The van der Waals surface area contributed by atoms with Gasteiger partial charge in [0.2, 0.25) is 23.5 Å². The predicted octanol–water partition coefficient (Wildman–Crippen LogP) is 2.97. The molecule has 9 nitrogen and oxygen atoms in total. The molecule has 0 fully saturated rings. The molecule has 2 N–H and O–H groups in total. The van der Waals surface area contributed by atoms with Gasteiger partial charge in [-0.25, -0.2) is 0 Å². The number of hydrogen-bond donors (Lipinski definition) is 1. The van der Waals surface area contributed by atoms with Crippen LogP contribution in [0.15, 0.2) is 53.1 Å². The normalized spacial score (nSPS) is 12.7. The summed E-state index contributed by atoms with van der Waals surface area (Å²) in [5.74, 6) is 1.34. The van der Waals surface area contributed by atoms with Crippen LogP contribution in [0.5, 0.6) is 0 Å². The number of hydrogen-bond acceptors (Lipinski definition) is 9. The molecule has 144 valence electrons. The summed E-state index contributed by atoms with van der Waals surface area (Å²) in [4.78, 5) is 19.1. The van der Waals surface area contributed by atoms with Crippen molar-refractivity contribution in [2.45, 2.75) is 13.2 Å². The Labute approximate surface area is 166 Å². The Morgan fingerprint density at radius 2 is 1.72 bits per heavy atom. The van der Waals surface area contributed by atoms with Crippen LogP contribution in [0.4, 0.5) is 17.6 Å². The Hall–Kier alpha value is -3.85. The molecule has 29 heavy (non-hydrogen) atoms. The molecule has 0 atom stereocenters. The van der Waals surface area contributed by atoms with Gasteiger partial charge < -0.3 is 19.9 Å². The van der Waals surface area contributed by atoms with E-state index in [-0.39, 0.29) is 17.6 Å². The summed E-state index contributed by atoms with van der Waals surface area (Å²) < 4.78 is 10.9. The first-order valence-electron chi connectivity index (χ1n) is 9.02. The van der Waals surface area contributed by atoms with Crippen molar-refractivity contribution in [2.24, 2.45) is 0 Å². The second-order valence-corrected chi connectivity index (χ2v) is 6.61. The highest BCUT2D eigenvalue weighted by Gasteiger charge is 2.19. The minimum absolute atomic E-state index is 0.0776. The monoisotopic (exact) mass is 387 g/mol. The summed E-state index contributed by atoms with van der Waals surface area (Å²) in [5.41, 5.74) is 9.93. The molecule has 4 aromatic rings. The van der Waals surface area contributed by atoms with Gasteiger partial charge in [-0.05, 0) is 35.4 Å². The quantitative estimate of drug-likeness (QED) is 0.564. The summed E-state index contributed by atoms with van der Waals surface area (Å²) in [7, 11) is 1.85. The van der Waals surface area contributed by atoms with Crippen molar-refractivity contribution >= 4 is 17.6 Å². The van der Waals surface area contributed by atoms with Gasteiger partial charge in [0.1, 0.15) is 0 Å². The van der Waals surface area contributed by atoms with E-state index in [9.17, 15) is 0 Å². The van der Waals surface area contributed by atoms with Crippen molar-refractivity contribution < 1.29 is 9.26 Å². The summed E-state index contributed by atoms with van der Waals surface area (Å²) in [6.07, 6.45) is 0. The summed E-state index contributed by atoms with van der Waals surface area (Å²) >= 11 is 0. The van der Waals surface area contributed by atoms with Crippen molar-refractivity contribution in [3.05, 3.63) is 59.7 Å². The van der Waals surface area contributed by atoms with Crippen LogP contribution in [-0.2, 0) is 18.0 Å². The zero-order chi connectivity index (χ0) is 19.8. The van der Waals surface area contributed by atoms with E-state index in [1.54, 1.807) is 0 Å². The van der Waals surface area contributed by atoms with Crippen LogP contribution in [0.1, 0.15) is 11.1 Å². The van der Waals surface area contributed by atoms with Crippen LogP contribution < -0.4 is 10.6 Å². The molecule has 0 amide bonds. The molecule has 0 unspecified atom stereocenters. The Balaban J connectivity index is 1.48. The molecule has 1 aliphatic rings. The van der Waals surface area contributed by atoms with E-state index in [1.165, 1.54) is 5.56 Å². The third kappa shape index (κ3) is 3.27. The lowest BCUT2D eigenvalue weighted by molar-refractivity contribution is 0.134. The van der Waals surface area contributed by atoms with E-state index in [0.717, 1.165) is 16.8 Å². The minimum atomic E-state index is 0.0776. The van der Waals surface area contributed by atoms with E-state index in [2.05, 4.69) is 25.1 Å². The first kappa shape index (κ1) is 17.3. The number of nitrogens with zero attached hydrogens (tertiary/aromatic N) is 6. The molecular formula is C20H17N7O2. The van der Waals surface area contributed by atoms with Gasteiger partial charge in [-0.1, -0.05) is 29.4 Å². The molecular weight excluding hydrogens is 370 g/mol. The first-order valence-corrected chi connectivity index (χ1v) is 9.02.